The lowest BCUT2D eigenvalue weighted by atomic mass is 10.1. The Morgan fingerprint density at radius 2 is 1.81 bits per heavy atom. The van der Waals surface area contributed by atoms with Gasteiger partial charge in [0, 0.05) is 5.56 Å². The second-order valence-corrected chi connectivity index (χ2v) is 3.29. The van der Waals surface area contributed by atoms with E-state index in [4.69, 9.17) is 10.5 Å². The van der Waals surface area contributed by atoms with E-state index in [-0.39, 0.29) is 6.10 Å². The number of amides is 1. The third-order valence-corrected chi connectivity index (χ3v) is 2.03. The summed E-state index contributed by atoms with van der Waals surface area (Å²) in [5.74, 6) is -0.984. The van der Waals surface area contributed by atoms with E-state index >= 15 is 0 Å². The molecule has 1 aromatic rings. The van der Waals surface area contributed by atoms with Gasteiger partial charge in [0.2, 0.25) is 5.91 Å². The Labute approximate surface area is 93.7 Å². The number of rotatable bonds is 4. The summed E-state index contributed by atoms with van der Waals surface area (Å²) in [5.41, 5.74) is 5.80. The summed E-state index contributed by atoms with van der Waals surface area (Å²) in [4.78, 5) is 22.3. The van der Waals surface area contributed by atoms with Gasteiger partial charge in [0.1, 0.15) is 6.10 Å². The lowest BCUT2D eigenvalue weighted by molar-refractivity contribution is 0.0425. The van der Waals surface area contributed by atoms with Crippen LogP contribution < -0.4 is 5.73 Å². The number of carbonyl (C=O) groups is 2. The van der Waals surface area contributed by atoms with E-state index in [0.717, 1.165) is 0 Å². The molecule has 4 nitrogen and oxygen atoms in total. The predicted octanol–water partition coefficient (Wildman–Crippen LogP) is 1.52. The summed E-state index contributed by atoms with van der Waals surface area (Å²) in [6.07, 6.45) is 1.18. The number of esters is 1. The molecule has 1 amide bonds. The molecule has 4 heteroatoms. The summed E-state index contributed by atoms with van der Waals surface area (Å²) in [6.45, 7) is 5.22. The number of ether oxygens (including phenoxy) is 1. The first-order chi connectivity index (χ1) is 7.54. The van der Waals surface area contributed by atoms with Gasteiger partial charge in [0.15, 0.2) is 0 Å². The minimum absolute atomic E-state index is 0.344. The first-order valence-electron chi connectivity index (χ1n) is 4.78. The Morgan fingerprint density at radius 1 is 1.31 bits per heavy atom. The maximum Gasteiger partial charge on any atom is 0.338 e. The lowest BCUT2D eigenvalue weighted by Crippen LogP contribution is -2.14. The average Bonchev–Trinajstić information content (AvgIpc) is 2.28. The maximum atomic E-state index is 11.5. The smallest absolute Gasteiger partial charge is 0.338 e. The highest BCUT2D eigenvalue weighted by atomic mass is 16.5. The summed E-state index contributed by atoms with van der Waals surface area (Å²) >= 11 is 0. The fourth-order valence-corrected chi connectivity index (χ4v) is 1.06. The van der Waals surface area contributed by atoms with Crippen LogP contribution >= 0.6 is 0 Å². The van der Waals surface area contributed by atoms with E-state index in [1.807, 2.05) is 0 Å². The molecule has 0 aliphatic heterocycles. The molecule has 0 aliphatic rings. The van der Waals surface area contributed by atoms with Crippen molar-refractivity contribution >= 4 is 11.9 Å². The second kappa shape index (κ2) is 5.11. The van der Waals surface area contributed by atoms with Crippen molar-refractivity contribution in [3.05, 3.63) is 48.0 Å². The van der Waals surface area contributed by atoms with Crippen molar-refractivity contribution in [1.82, 2.24) is 0 Å². The van der Waals surface area contributed by atoms with Gasteiger partial charge in [0.25, 0.3) is 0 Å². The van der Waals surface area contributed by atoms with Gasteiger partial charge in [-0.25, -0.2) is 4.79 Å². The molecule has 1 rings (SSSR count). The van der Waals surface area contributed by atoms with Gasteiger partial charge in [-0.15, -0.1) is 0 Å². The summed E-state index contributed by atoms with van der Waals surface area (Å²) < 4.78 is 5.01. The molecule has 0 saturated carbocycles. The molecule has 0 saturated heterocycles. The van der Waals surface area contributed by atoms with E-state index in [0.29, 0.717) is 11.1 Å². The van der Waals surface area contributed by atoms with E-state index in [2.05, 4.69) is 6.58 Å². The van der Waals surface area contributed by atoms with Crippen molar-refractivity contribution in [2.45, 2.75) is 13.0 Å². The van der Waals surface area contributed by atoms with Crippen LogP contribution in [0.25, 0.3) is 0 Å². The highest BCUT2D eigenvalue weighted by molar-refractivity contribution is 5.95. The molecule has 0 fully saturated rings. The fourth-order valence-electron chi connectivity index (χ4n) is 1.06. The Kier molecular flexibility index (Phi) is 3.83. The largest absolute Gasteiger partial charge is 0.455 e. The van der Waals surface area contributed by atoms with Crippen LogP contribution in [0.2, 0.25) is 0 Å². The maximum absolute atomic E-state index is 11.5. The van der Waals surface area contributed by atoms with Crippen LogP contribution in [0.4, 0.5) is 0 Å². The van der Waals surface area contributed by atoms with Crippen LogP contribution in [0.15, 0.2) is 36.9 Å². The van der Waals surface area contributed by atoms with E-state index < -0.39 is 11.9 Å². The van der Waals surface area contributed by atoms with Crippen molar-refractivity contribution in [3.63, 3.8) is 0 Å². The van der Waals surface area contributed by atoms with Crippen LogP contribution in [0.5, 0.6) is 0 Å². The Morgan fingerprint density at radius 3 is 2.25 bits per heavy atom. The first kappa shape index (κ1) is 12.0. The summed E-state index contributed by atoms with van der Waals surface area (Å²) in [6, 6.07) is 5.96. The van der Waals surface area contributed by atoms with Gasteiger partial charge in [-0.1, -0.05) is 12.7 Å². The molecule has 0 spiro atoms. The number of nitrogens with two attached hydrogens (primary N) is 1. The lowest BCUT2D eigenvalue weighted by Gasteiger charge is -2.08. The van der Waals surface area contributed by atoms with Gasteiger partial charge in [-0.3, -0.25) is 4.79 Å². The molecule has 16 heavy (non-hydrogen) atoms. The van der Waals surface area contributed by atoms with Crippen LogP contribution in [0.3, 0.4) is 0 Å². The zero-order chi connectivity index (χ0) is 12.1. The molecule has 84 valence electrons. The van der Waals surface area contributed by atoms with Crippen molar-refractivity contribution in [1.29, 1.82) is 0 Å². The monoisotopic (exact) mass is 219 g/mol. The molecule has 1 aromatic carbocycles. The summed E-state index contributed by atoms with van der Waals surface area (Å²) in [5, 5.41) is 0. The SMILES string of the molecule is C=CC(C)OC(=O)c1ccc(C(N)=O)cc1. The Hall–Kier alpha value is -2.10. The molecule has 0 aliphatic carbocycles. The molecule has 0 aromatic heterocycles. The molecule has 1 atom stereocenters. The van der Waals surface area contributed by atoms with Crippen molar-refractivity contribution in [3.8, 4) is 0 Å². The fraction of sp³-hybridized carbons (Fsp3) is 0.167. The van der Waals surface area contributed by atoms with Gasteiger partial charge in [-0.05, 0) is 31.2 Å². The average molecular weight is 219 g/mol. The first-order valence-corrected chi connectivity index (χ1v) is 4.78. The standard InChI is InChI=1S/C12H13NO3/c1-3-8(2)16-12(15)10-6-4-9(5-7-10)11(13)14/h3-8H,1H2,2H3,(H2,13,14). The van der Waals surface area contributed by atoms with E-state index in [1.54, 1.807) is 6.92 Å². The molecular weight excluding hydrogens is 206 g/mol. The predicted molar refractivity (Wildman–Crippen MR) is 60.0 cm³/mol. The summed E-state index contributed by atoms with van der Waals surface area (Å²) in [7, 11) is 0. The highest BCUT2D eigenvalue weighted by Crippen LogP contribution is 2.07. The number of carbonyl (C=O) groups excluding carboxylic acids is 2. The minimum atomic E-state index is -0.528. The third kappa shape index (κ3) is 2.95. The molecule has 0 heterocycles. The van der Waals surface area contributed by atoms with E-state index in [1.165, 1.54) is 30.3 Å². The zero-order valence-corrected chi connectivity index (χ0v) is 8.97. The highest BCUT2D eigenvalue weighted by Gasteiger charge is 2.10. The topological polar surface area (TPSA) is 69.4 Å². The van der Waals surface area contributed by atoms with Gasteiger partial charge in [0.05, 0.1) is 5.56 Å². The second-order valence-electron chi connectivity index (χ2n) is 3.29. The Bertz CT molecular complexity index is 409. The molecule has 0 bridgehead atoms. The van der Waals surface area contributed by atoms with Crippen LogP contribution in [-0.4, -0.2) is 18.0 Å². The van der Waals surface area contributed by atoms with Gasteiger partial charge in [-0.2, -0.15) is 0 Å². The zero-order valence-electron chi connectivity index (χ0n) is 8.97. The number of hydrogen-bond acceptors (Lipinski definition) is 3. The molecule has 2 N–H and O–H groups in total. The quantitative estimate of drug-likeness (QED) is 0.616. The van der Waals surface area contributed by atoms with Crippen molar-refractivity contribution in [2.75, 3.05) is 0 Å². The molecule has 1 unspecified atom stereocenters. The van der Waals surface area contributed by atoms with Crippen LogP contribution in [0, 0.1) is 0 Å². The number of benzene rings is 1. The minimum Gasteiger partial charge on any atom is -0.455 e. The van der Waals surface area contributed by atoms with Crippen molar-refractivity contribution in [2.24, 2.45) is 5.73 Å². The van der Waals surface area contributed by atoms with Crippen LogP contribution in [-0.2, 0) is 4.74 Å². The molecule has 0 radical (unpaired) electrons. The normalized spacial score (nSPS) is 11.6. The van der Waals surface area contributed by atoms with Gasteiger partial charge >= 0.3 is 5.97 Å². The molecular formula is C12H13NO3. The Balaban J connectivity index is 2.77. The number of primary amides is 1. The van der Waals surface area contributed by atoms with Crippen molar-refractivity contribution < 1.29 is 14.3 Å². The van der Waals surface area contributed by atoms with Crippen LogP contribution in [0.1, 0.15) is 27.6 Å². The van der Waals surface area contributed by atoms with E-state index in [9.17, 15) is 9.59 Å². The third-order valence-electron chi connectivity index (χ3n) is 2.03. The van der Waals surface area contributed by atoms with Gasteiger partial charge < -0.3 is 10.5 Å². The number of hydrogen-bond donors (Lipinski definition) is 1.